The van der Waals surface area contributed by atoms with Crippen LogP contribution in [0.1, 0.15) is 19.4 Å². The standard InChI is InChI=1S/C23H28ClN3O6S/c1-4-34(30,31)27(18-9-10-20-21(13-18)33-12-11-32-20)15-22(28)26(16(2)23(29)25-3)14-17-7-5-6-8-19(17)24/h5-10,13,16H,4,11-12,14-15H2,1-3H3,(H,25,29)/t16-/m1/s1. The fraction of sp³-hybridized carbons (Fsp3) is 0.391. The first-order chi connectivity index (χ1) is 16.2. The number of ether oxygens (including phenoxy) is 2. The number of halogens is 1. The van der Waals surface area contributed by atoms with Crippen molar-refractivity contribution in [1.29, 1.82) is 0 Å². The van der Waals surface area contributed by atoms with Crippen LogP contribution in [0.5, 0.6) is 11.5 Å². The molecule has 3 rings (SSSR count). The van der Waals surface area contributed by atoms with Gasteiger partial charge in [0, 0.05) is 24.7 Å². The van der Waals surface area contributed by atoms with Gasteiger partial charge in [-0.2, -0.15) is 0 Å². The number of nitrogens with zero attached hydrogens (tertiary/aromatic N) is 2. The van der Waals surface area contributed by atoms with E-state index in [9.17, 15) is 18.0 Å². The number of likely N-dealkylation sites (N-methyl/N-ethyl adjacent to an activating group) is 1. The predicted octanol–water partition coefficient (Wildman–Crippen LogP) is 2.43. The molecule has 0 aliphatic carbocycles. The molecule has 0 saturated carbocycles. The third kappa shape index (κ3) is 5.74. The number of benzene rings is 2. The molecule has 1 N–H and O–H groups in total. The maximum Gasteiger partial charge on any atom is 0.244 e. The van der Waals surface area contributed by atoms with Crippen molar-refractivity contribution in [3.05, 3.63) is 53.1 Å². The van der Waals surface area contributed by atoms with Crippen LogP contribution < -0.4 is 19.1 Å². The first kappa shape index (κ1) is 25.6. The van der Waals surface area contributed by atoms with Crippen LogP contribution in [-0.4, -0.2) is 63.7 Å². The van der Waals surface area contributed by atoms with Gasteiger partial charge in [0.05, 0.1) is 11.4 Å². The zero-order valence-corrected chi connectivity index (χ0v) is 20.9. The molecule has 1 atom stereocenters. The summed E-state index contributed by atoms with van der Waals surface area (Å²) in [5, 5.41) is 2.97. The molecule has 0 unspecified atom stereocenters. The van der Waals surface area contributed by atoms with Gasteiger partial charge in [0.2, 0.25) is 21.8 Å². The lowest BCUT2D eigenvalue weighted by atomic mass is 10.1. The van der Waals surface area contributed by atoms with Crippen LogP contribution in [0.3, 0.4) is 0 Å². The van der Waals surface area contributed by atoms with Crippen LogP contribution in [0, 0.1) is 0 Å². The topological polar surface area (TPSA) is 105 Å². The maximum absolute atomic E-state index is 13.5. The lowest BCUT2D eigenvalue weighted by molar-refractivity contribution is -0.139. The number of carbonyl (C=O) groups excluding carboxylic acids is 2. The molecular formula is C23H28ClN3O6S. The summed E-state index contributed by atoms with van der Waals surface area (Å²) < 4.78 is 38.1. The van der Waals surface area contributed by atoms with Crippen LogP contribution >= 0.6 is 11.6 Å². The lowest BCUT2D eigenvalue weighted by Crippen LogP contribution is -2.51. The van der Waals surface area contributed by atoms with Gasteiger partial charge in [0.15, 0.2) is 11.5 Å². The summed E-state index contributed by atoms with van der Waals surface area (Å²) in [6.45, 7) is 3.35. The smallest absolute Gasteiger partial charge is 0.244 e. The number of carbonyl (C=O) groups is 2. The van der Waals surface area contributed by atoms with Crippen LogP contribution in [0.2, 0.25) is 5.02 Å². The van der Waals surface area contributed by atoms with Crippen LogP contribution in [-0.2, 0) is 26.2 Å². The second-order valence-electron chi connectivity index (χ2n) is 7.64. The first-order valence-electron chi connectivity index (χ1n) is 10.8. The highest BCUT2D eigenvalue weighted by Gasteiger charge is 2.31. The molecule has 11 heteroatoms. The van der Waals surface area contributed by atoms with Crippen molar-refractivity contribution >= 4 is 39.1 Å². The molecule has 0 bridgehead atoms. The number of rotatable bonds is 9. The van der Waals surface area contributed by atoms with E-state index >= 15 is 0 Å². The van der Waals surface area contributed by atoms with Crippen molar-refractivity contribution < 1.29 is 27.5 Å². The zero-order valence-electron chi connectivity index (χ0n) is 19.3. The van der Waals surface area contributed by atoms with E-state index in [4.69, 9.17) is 21.1 Å². The van der Waals surface area contributed by atoms with Crippen LogP contribution in [0.15, 0.2) is 42.5 Å². The lowest BCUT2D eigenvalue weighted by Gasteiger charge is -2.32. The van der Waals surface area contributed by atoms with E-state index in [1.807, 2.05) is 0 Å². The molecule has 2 aromatic carbocycles. The Hall–Kier alpha value is -2.98. The maximum atomic E-state index is 13.5. The highest BCUT2D eigenvalue weighted by Crippen LogP contribution is 2.35. The summed E-state index contributed by atoms with van der Waals surface area (Å²) in [7, 11) is -2.37. The van der Waals surface area contributed by atoms with Crippen molar-refractivity contribution in [3.8, 4) is 11.5 Å². The second kappa shape index (κ2) is 11.0. The fourth-order valence-corrected chi connectivity index (χ4v) is 4.76. The molecule has 34 heavy (non-hydrogen) atoms. The summed E-state index contributed by atoms with van der Waals surface area (Å²) in [5.74, 6) is -0.250. The van der Waals surface area contributed by atoms with Gasteiger partial charge in [0.1, 0.15) is 25.8 Å². The van der Waals surface area contributed by atoms with E-state index in [0.29, 0.717) is 35.3 Å². The number of hydrogen-bond donors (Lipinski definition) is 1. The molecule has 0 spiro atoms. The Labute approximate surface area is 204 Å². The quantitative estimate of drug-likeness (QED) is 0.556. The predicted molar refractivity (Wildman–Crippen MR) is 130 cm³/mol. The summed E-state index contributed by atoms with van der Waals surface area (Å²) in [4.78, 5) is 27.2. The Balaban J connectivity index is 1.96. The Morgan fingerprint density at radius 3 is 2.44 bits per heavy atom. The number of nitrogens with one attached hydrogen (secondary N) is 1. The molecule has 1 heterocycles. The molecule has 0 radical (unpaired) electrons. The first-order valence-corrected chi connectivity index (χ1v) is 12.8. The number of hydrogen-bond acceptors (Lipinski definition) is 6. The van der Waals surface area contributed by atoms with Gasteiger partial charge in [-0.25, -0.2) is 8.42 Å². The van der Waals surface area contributed by atoms with E-state index in [0.717, 1.165) is 4.31 Å². The SMILES string of the molecule is CCS(=O)(=O)N(CC(=O)N(Cc1ccccc1Cl)[C@H](C)C(=O)NC)c1ccc2c(c1)OCCO2. The minimum Gasteiger partial charge on any atom is -0.486 e. The van der Waals surface area contributed by atoms with Crippen LogP contribution in [0.25, 0.3) is 0 Å². The summed E-state index contributed by atoms with van der Waals surface area (Å²) in [6.07, 6.45) is 0. The molecule has 0 fully saturated rings. The largest absolute Gasteiger partial charge is 0.486 e. The molecule has 2 aromatic rings. The van der Waals surface area contributed by atoms with E-state index in [1.54, 1.807) is 43.3 Å². The summed E-state index contributed by atoms with van der Waals surface area (Å²) in [5.41, 5.74) is 0.905. The molecule has 1 aliphatic rings. The monoisotopic (exact) mass is 509 g/mol. The Kier molecular flexibility index (Phi) is 8.27. The Morgan fingerprint density at radius 1 is 1.12 bits per heavy atom. The van der Waals surface area contributed by atoms with Crippen molar-refractivity contribution in [2.45, 2.75) is 26.4 Å². The second-order valence-corrected chi connectivity index (χ2v) is 10.2. The van der Waals surface area contributed by atoms with Crippen molar-refractivity contribution in [2.24, 2.45) is 0 Å². The summed E-state index contributed by atoms with van der Waals surface area (Å²) in [6, 6.07) is 10.8. The van der Waals surface area contributed by atoms with Gasteiger partial charge in [-0.3, -0.25) is 13.9 Å². The molecule has 1 aliphatic heterocycles. The van der Waals surface area contributed by atoms with Gasteiger partial charge < -0.3 is 19.7 Å². The fourth-order valence-electron chi connectivity index (χ4n) is 3.51. The molecule has 0 saturated heterocycles. The van der Waals surface area contributed by atoms with Crippen molar-refractivity contribution in [3.63, 3.8) is 0 Å². The third-order valence-electron chi connectivity index (χ3n) is 5.51. The van der Waals surface area contributed by atoms with Gasteiger partial charge in [-0.05, 0) is 37.6 Å². The average molecular weight is 510 g/mol. The van der Waals surface area contributed by atoms with E-state index in [1.165, 1.54) is 24.9 Å². The van der Waals surface area contributed by atoms with E-state index in [-0.39, 0.29) is 23.9 Å². The third-order valence-corrected chi connectivity index (χ3v) is 7.62. The van der Waals surface area contributed by atoms with E-state index in [2.05, 4.69) is 5.32 Å². The molecule has 2 amide bonds. The summed E-state index contributed by atoms with van der Waals surface area (Å²) >= 11 is 6.28. The van der Waals surface area contributed by atoms with Gasteiger partial charge >= 0.3 is 0 Å². The normalized spacial score (nSPS) is 13.6. The molecule has 184 valence electrons. The molecule has 9 nitrogen and oxygen atoms in total. The zero-order chi connectivity index (χ0) is 24.9. The number of sulfonamides is 1. The van der Waals surface area contributed by atoms with Gasteiger partial charge in [0.25, 0.3) is 0 Å². The number of fused-ring (bicyclic) bond motifs is 1. The highest BCUT2D eigenvalue weighted by atomic mass is 35.5. The Bertz CT molecular complexity index is 1160. The van der Waals surface area contributed by atoms with E-state index < -0.39 is 28.5 Å². The van der Waals surface area contributed by atoms with Gasteiger partial charge in [-0.15, -0.1) is 0 Å². The van der Waals surface area contributed by atoms with Crippen LogP contribution in [0.4, 0.5) is 5.69 Å². The average Bonchev–Trinajstić information content (AvgIpc) is 2.85. The van der Waals surface area contributed by atoms with Crippen molar-refractivity contribution in [1.82, 2.24) is 10.2 Å². The molecule has 0 aromatic heterocycles. The molecular weight excluding hydrogens is 482 g/mol. The highest BCUT2D eigenvalue weighted by molar-refractivity contribution is 7.92. The minimum absolute atomic E-state index is 0.0360. The minimum atomic E-state index is -3.84. The number of anilines is 1. The number of amides is 2. The van der Waals surface area contributed by atoms with Crippen molar-refractivity contribution in [2.75, 3.05) is 36.9 Å². The Morgan fingerprint density at radius 2 is 1.79 bits per heavy atom. The van der Waals surface area contributed by atoms with Gasteiger partial charge in [-0.1, -0.05) is 29.8 Å².